The van der Waals surface area contributed by atoms with Crippen LogP contribution in [-0.4, -0.2) is 26.3 Å². The smallest absolute Gasteiger partial charge is 0.312 e. The molecule has 0 saturated carbocycles. The summed E-state index contributed by atoms with van der Waals surface area (Å²) in [5, 5.41) is 0. The molecule has 212 valence electrons. The molecule has 0 aromatic heterocycles. The van der Waals surface area contributed by atoms with E-state index in [0.29, 0.717) is 13.2 Å². The second kappa shape index (κ2) is 28.4. The van der Waals surface area contributed by atoms with Gasteiger partial charge in [-0.15, -0.1) is 0 Å². The highest BCUT2D eigenvalue weighted by Gasteiger charge is 2.34. The molecule has 0 spiro atoms. The van der Waals surface area contributed by atoms with Crippen molar-refractivity contribution in [2.75, 3.05) is 20.3 Å². The van der Waals surface area contributed by atoms with Crippen LogP contribution in [0.3, 0.4) is 0 Å². The van der Waals surface area contributed by atoms with Gasteiger partial charge in [0, 0.05) is 6.42 Å². The summed E-state index contributed by atoms with van der Waals surface area (Å²) in [7, 11) is 1.57. The summed E-state index contributed by atoms with van der Waals surface area (Å²) in [4.78, 5) is 10.8. The van der Waals surface area contributed by atoms with Crippen LogP contribution in [0.4, 0.5) is 0 Å². The number of hydrogen-bond donors (Lipinski definition) is 0. The minimum Gasteiger partial charge on any atom is -0.326 e. The molecule has 0 aliphatic heterocycles. The van der Waals surface area contributed by atoms with E-state index < -0.39 is 5.97 Å². The lowest BCUT2D eigenvalue weighted by atomic mass is 10.0. The van der Waals surface area contributed by atoms with Crippen molar-refractivity contribution in [2.45, 2.75) is 181 Å². The van der Waals surface area contributed by atoms with Crippen molar-refractivity contribution in [1.29, 1.82) is 0 Å². The molecule has 0 amide bonds. The van der Waals surface area contributed by atoms with E-state index in [2.05, 4.69) is 20.8 Å². The van der Waals surface area contributed by atoms with E-state index in [-0.39, 0.29) is 0 Å². The quantitative estimate of drug-likeness (QED) is 0.0425. The molecule has 4 heteroatoms. The molecule has 0 aromatic rings. The van der Waals surface area contributed by atoms with Gasteiger partial charge in [-0.3, -0.25) is 0 Å². The van der Waals surface area contributed by atoms with Gasteiger partial charge in [-0.25, -0.2) is 4.89 Å². The van der Waals surface area contributed by atoms with Crippen molar-refractivity contribution in [3.05, 3.63) is 0 Å². The molecule has 0 rings (SSSR count). The Bertz CT molecular complexity index is 370. The summed E-state index contributed by atoms with van der Waals surface area (Å²) in [6.45, 7) is 8.14. The third kappa shape index (κ3) is 24.0. The molecule has 0 saturated heterocycles. The molecule has 35 heavy (non-hydrogen) atoms. The molecule has 0 fully saturated rings. The van der Waals surface area contributed by atoms with Gasteiger partial charge in [0.25, 0.3) is 0 Å². The molecule has 0 aliphatic carbocycles. The van der Waals surface area contributed by atoms with E-state index in [1.807, 2.05) is 0 Å². The topological polar surface area (TPSA) is 36.9 Å². The maximum absolute atomic E-state index is 6.24. The average Bonchev–Trinajstić information content (AvgIpc) is 2.86. The normalized spacial score (nSPS) is 12.0. The van der Waals surface area contributed by atoms with Crippen molar-refractivity contribution in [1.82, 2.24) is 0 Å². The van der Waals surface area contributed by atoms with Crippen LogP contribution in [-0.2, 0) is 19.2 Å². The van der Waals surface area contributed by atoms with Crippen LogP contribution in [0.25, 0.3) is 0 Å². The Morgan fingerprint density at radius 1 is 0.400 bits per heavy atom. The molecule has 0 radical (unpaired) electrons. The summed E-state index contributed by atoms with van der Waals surface area (Å²) >= 11 is 0. The molecule has 0 aliphatic rings. The van der Waals surface area contributed by atoms with Gasteiger partial charge in [-0.2, -0.15) is 4.89 Å². The first-order valence-corrected chi connectivity index (χ1v) is 15.7. The lowest BCUT2D eigenvalue weighted by molar-refractivity contribution is -0.501. The van der Waals surface area contributed by atoms with E-state index in [0.717, 1.165) is 25.7 Å². The summed E-state index contributed by atoms with van der Waals surface area (Å²) in [6, 6.07) is 0. The predicted octanol–water partition coefficient (Wildman–Crippen LogP) is 10.7. The molecule has 0 bridgehead atoms. The van der Waals surface area contributed by atoms with Gasteiger partial charge in [-0.1, -0.05) is 149 Å². The van der Waals surface area contributed by atoms with E-state index in [4.69, 9.17) is 19.2 Å². The lowest BCUT2D eigenvalue weighted by Gasteiger charge is -2.31. The van der Waals surface area contributed by atoms with Gasteiger partial charge >= 0.3 is 5.97 Å². The largest absolute Gasteiger partial charge is 0.326 e. The van der Waals surface area contributed by atoms with Crippen LogP contribution < -0.4 is 0 Å². The molecule has 0 heterocycles. The molecule has 4 nitrogen and oxygen atoms in total. The van der Waals surface area contributed by atoms with Crippen molar-refractivity contribution < 1.29 is 19.2 Å². The second-order valence-electron chi connectivity index (χ2n) is 10.5. The van der Waals surface area contributed by atoms with Crippen LogP contribution in [0.2, 0.25) is 0 Å². The summed E-state index contributed by atoms with van der Waals surface area (Å²) in [5.74, 6) is -1.04. The predicted molar refractivity (Wildman–Crippen MR) is 151 cm³/mol. The zero-order valence-corrected chi connectivity index (χ0v) is 24.5. The maximum Gasteiger partial charge on any atom is 0.312 e. The Hall–Kier alpha value is -0.160. The van der Waals surface area contributed by atoms with E-state index in [9.17, 15) is 0 Å². The fraction of sp³-hybridized carbons (Fsp3) is 1.00. The fourth-order valence-corrected chi connectivity index (χ4v) is 4.63. The first kappa shape index (κ1) is 34.8. The molecule has 0 unspecified atom stereocenters. The van der Waals surface area contributed by atoms with E-state index in [1.54, 1.807) is 7.11 Å². The Morgan fingerprint density at radius 3 is 1.06 bits per heavy atom. The van der Waals surface area contributed by atoms with Crippen molar-refractivity contribution in [2.24, 2.45) is 0 Å². The van der Waals surface area contributed by atoms with Gasteiger partial charge in [0.05, 0.1) is 20.3 Å². The van der Waals surface area contributed by atoms with Crippen LogP contribution in [0.1, 0.15) is 175 Å². The van der Waals surface area contributed by atoms with E-state index in [1.165, 1.54) is 128 Å². The third-order valence-corrected chi connectivity index (χ3v) is 6.94. The Kier molecular flexibility index (Phi) is 28.3. The zero-order chi connectivity index (χ0) is 25.7. The van der Waals surface area contributed by atoms with Gasteiger partial charge in [-0.05, 0) is 19.3 Å². The van der Waals surface area contributed by atoms with Gasteiger partial charge in [0.2, 0.25) is 0 Å². The second-order valence-corrected chi connectivity index (χ2v) is 10.5. The number of ether oxygens (including phenoxy) is 2. The molecule has 0 N–H and O–H groups in total. The Morgan fingerprint density at radius 2 is 0.714 bits per heavy atom. The molecule has 0 atom stereocenters. The maximum atomic E-state index is 6.24. The summed E-state index contributed by atoms with van der Waals surface area (Å²) < 4.78 is 12.5. The minimum atomic E-state index is -1.04. The van der Waals surface area contributed by atoms with Crippen LogP contribution in [0.5, 0.6) is 0 Å². The molecular formula is C31H64O4. The highest BCUT2D eigenvalue weighted by atomic mass is 17.3. The standard InChI is InChI=1S/C31H64O4/c1-5-8-11-14-17-18-19-20-21-22-25-28-31(35-32-4,33-29-26-23-15-12-9-6-2)34-30-27-24-16-13-10-7-3/h5-30H2,1-4H3. The number of hydrogen-bond acceptors (Lipinski definition) is 4. The van der Waals surface area contributed by atoms with Crippen LogP contribution in [0.15, 0.2) is 0 Å². The van der Waals surface area contributed by atoms with E-state index >= 15 is 0 Å². The SMILES string of the molecule is CCCCCCCCCCCCCC(OCCCCCCCC)(OCCCCCCCC)OOC. The van der Waals surface area contributed by atoms with Crippen LogP contribution >= 0.6 is 0 Å². The first-order valence-electron chi connectivity index (χ1n) is 15.7. The Labute approximate surface area is 220 Å². The first-order chi connectivity index (χ1) is 17.2. The third-order valence-electron chi connectivity index (χ3n) is 6.94. The van der Waals surface area contributed by atoms with Crippen molar-refractivity contribution >= 4 is 0 Å². The monoisotopic (exact) mass is 500 g/mol. The summed E-state index contributed by atoms with van der Waals surface area (Å²) in [6.07, 6.45) is 30.3. The number of unbranched alkanes of at least 4 members (excludes halogenated alkanes) is 20. The number of rotatable bonds is 30. The molecule has 0 aromatic carbocycles. The average molecular weight is 501 g/mol. The minimum absolute atomic E-state index is 0.671. The van der Waals surface area contributed by atoms with Gasteiger partial charge in [0.1, 0.15) is 0 Å². The van der Waals surface area contributed by atoms with Crippen LogP contribution in [0, 0.1) is 0 Å². The van der Waals surface area contributed by atoms with Crippen molar-refractivity contribution in [3.63, 3.8) is 0 Å². The zero-order valence-electron chi connectivity index (χ0n) is 24.5. The molecular weight excluding hydrogens is 436 g/mol. The highest BCUT2D eigenvalue weighted by Crippen LogP contribution is 2.26. The summed E-state index contributed by atoms with van der Waals surface area (Å²) in [5.41, 5.74) is 0. The van der Waals surface area contributed by atoms with Crippen molar-refractivity contribution in [3.8, 4) is 0 Å². The Balaban J connectivity index is 4.31. The fourth-order valence-electron chi connectivity index (χ4n) is 4.63. The lowest BCUT2D eigenvalue weighted by Crippen LogP contribution is -2.40. The van der Waals surface area contributed by atoms with Gasteiger partial charge in [0.15, 0.2) is 0 Å². The van der Waals surface area contributed by atoms with Gasteiger partial charge < -0.3 is 9.47 Å². The highest BCUT2D eigenvalue weighted by molar-refractivity contribution is 4.60.